The molecule has 0 bridgehead atoms. The van der Waals surface area contributed by atoms with Gasteiger partial charge in [0.25, 0.3) is 0 Å². The van der Waals surface area contributed by atoms with Crippen molar-refractivity contribution in [3.63, 3.8) is 0 Å². The summed E-state index contributed by atoms with van der Waals surface area (Å²) in [6.45, 7) is 0.325. The van der Waals surface area contributed by atoms with Crippen LogP contribution in [0, 0.1) is 11.6 Å². The molecule has 0 aliphatic heterocycles. The third kappa shape index (κ3) is 4.18. The summed E-state index contributed by atoms with van der Waals surface area (Å²) in [4.78, 5) is 0. The minimum atomic E-state index is -0.666. The quantitative estimate of drug-likeness (QED) is 0.257. The Morgan fingerprint density at radius 1 is 1.41 bits per heavy atom. The first-order valence-electron chi connectivity index (χ1n) is 4.89. The fourth-order valence-corrected chi connectivity index (χ4v) is 1.65. The zero-order chi connectivity index (χ0) is 12.8. The topological polar surface area (TPSA) is 70.6 Å². The summed E-state index contributed by atoms with van der Waals surface area (Å²) < 4.78 is 27.0. The van der Waals surface area contributed by atoms with E-state index in [2.05, 4.69) is 26.4 Å². The van der Waals surface area contributed by atoms with Gasteiger partial charge in [-0.05, 0) is 18.6 Å². The number of benzene rings is 1. The number of hydrogen-bond donors (Lipinski definition) is 3. The minimum Gasteiger partial charge on any atom is -0.409 e. The van der Waals surface area contributed by atoms with Gasteiger partial charge in [0.1, 0.15) is 23.2 Å². The molecular formula is C10H12BrF2N3O. The van der Waals surface area contributed by atoms with Crippen LogP contribution in [0.1, 0.15) is 12.8 Å². The Bertz CT molecular complexity index is 403. The van der Waals surface area contributed by atoms with Gasteiger partial charge in [0, 0.05) is 17.4 Å². The van der Waals surface area contributed by atoms with E-state index in [1.54, 1.807) is 0 Å². The second kappa shape index (κ2) is 6.39. The van der Waals surface area contributed by atoms with Crippen LogP contribution < -0.4 is 11.1 Å². The van der Waals surface area contributed by atoms with Crippen molar-refractivity contribution in [2.24, 2.45) is 10.9 Å². The highest BCUT2D eigenvalue weighted by molar-refractivity contribution is 9.10. The average molecular weight is 308 g/mol. The lowest BCUT2D eigenvalue weighted by atomic mass is 10.2. The van der Waals surface area contributed by atoms with Gasteiger partial charge in [0.05, 0.1) is 0 Å². The third-order valence-corrected chi connectivity index (χ3v) is 2.50. The van der Waals surface area contributed by atoms with E-state index in [1.165, 1.54) is 12.1 Å². The molecule has 17 heavy (non-hydrogen) atoms. The molecule has 94 valence electrons. The van der Waals surface area contributed by atoms with E-state index in [0.29, 0.717) is 23.9 Å². The highest BCUT2D eigenvalue weighted by Crippen LogP contribution is 2.23. The molecule has 0 unspecified atom stereocenters. The molecule has 0 amide bonds. The normalized spacial score (nSPS) is 11.6. The highest BCUT2D eigenvalue weighted by Gasteiger charge is 2.09. The van der Waals surface area contributed by atoms with Gasteiger partial charge >= 0.3 is 0 Å². The van der Waals surface area contributed by atoms with Crippen LogP contribution in [0.15, 0.2) is 21.8 Å². The Hall–Kier alpha value is -1.37. The van der Waals surface area contributed by atoms with Crippen LogP contribution in [-0.4, -0.2) is 17.6 Å². The van der Waals surface area contributed by atoms with Crippen LogP contribution in [0.3, 0.4) is 0 Å². The van der Waals surface area contributed by atoms with Gasteiger partial charge in [0.2, 0.25) is 0 Å². The van der Waals surface area contributed by atoms with E-state index in [-0.39, 0.29) is 11.5 Å². The van der Waals surface area contributed by atoms with E-state index in [4.69, 9.17) is 10.9 Å². The molecule has 1 aromatic carbocycles. The Morgan fingerprint density at radius 3 is 2.53 bits per heavy atom. The summed E-state index contributed by atoms with van der Waals surface area (Å²) in [5.74, 6) is -1.25. The lowest BCUT2D eigenvalue weighted by Crippen LogP contribution is -2.14. The number of nitrogens with one attached hydrogen (secondary N) is 1. The van der Waals surface area contributed by atoms with E-state index in [1.807, 2.05) is 0 Å². The van der Waals surface area contributed by atoms with Crippen molar-refractivity contribution in [3.05, 3.63) is 28.2 Å². The van der Waals surface area contributed by atoms with Crippen LogP contribution in [0.4, 0.5) is 14.5 Å². The van der Waals surface area contributed by atoms with Gasteiger partial charge in [-0.15, -0.1) is 0 Å². The fraction of sp³-hybridized carbons (Fsp3) is 0.300. The standard InChI is InChI=1S/C10H12BrF2N3O/c11-6-4-7(12)10(8(13)5-6)15-3-1-2-9(14)16-17/h4-5,15,17H,1-3H2,(H2,14,16). The van der Waals surface area contributed by atoms with Crippen molar-refractivity contribution < 1.29 is 14.0 Å². The minimum absolute atomic E-state index is 0.0866. The Balaban J connectivity index is 2.52. The lowest BCUT2D eigenvalue weighted by molar-refractivity contribution is 0.316. The van der Waals surface area contributed by atoms with Crippen molar-refractivity contribution in [1.29, 1.82) is 0 Å². The Labute approximate surface area is 106 Å². The molecule has 0 atom stereocenters. The van der Waals surface area contributed by atoms with E-state index >= 15 is 0 Å². The number of nitrogens with zero attached hydrogens (tertiary/aromatic N) is 1. The second-order valence-corrected chi connectivity index (χ2v) is 4.28. The largest absolute Gasteiger partial charge is 0.409 e. The van der Waals surface area contributed by atoms with E-state index in [9.17, 15) is 8.78 Å². The summed E-state index contributed by atoms with van der Waals surface area (Å²) in [6.07, 6.45) is 0.855. The molecule has 0 fully saturated rings. The Kier molecular flexibility index (Phi) is 5.14. The summed E-state index contributed by atoms with van der Waals surface area (Å²) in [6, 6.07) is 2.35. The van der Waals surface area contributed by atoms with Crippen LogP contribution in [-0.2, 0) is 0 Å². The molecule has 1 aromatic rings. The summed E-state index contributed by atoms with van der Waals surface area (Å²) >= 11 is 2.99. The maximum absolute atomic E-state index is 13.3. The first-order valence-corrected chi connectivity index (χ1v) is 5.68. The Morgan fingerprint density at radius 2 is 2.00 bits per heavy atom. The molecule has 0 saturated carbocycles. The number of oxime groups is 1. The molecule has 4 nitrogen and oxygen atoms in total. The van der Waals surface area contributed by atoms with Gasteiger partial charge in [0.15, 0.2) is 0 Å². The van der Waals surface area contributed by atoms with Crippen molar-refractivity contribution in [2.75, 3.05) is 11.9 Å². The van der Waals surface area contributed by atoms with Crippen molar-refractivity contribution in [3.8, 4) is 0 Å². The number of amidine groups is 1. The lowest BCUT2D eigenvalue weighted by Gasteiger charge is -2.08. The first kappa shape index (κ1) is 13.7. The fourth-order valence-electron chi connectivity index (χ4n) is 1.24. The van der Waals surface area contributed by atoms with Crippen molar-refractivity contribution in [1.82, 2.24) is 0 Å². The molecule has 0 aliphatic rings. The molecule has 0 spiro atoms. The SMILES string of the molecule is NC(CCCNc1c(F)cc(Br)cc1F)=NO. The van der Waals surface area contributed by atoms with Crippen molar-refractivity contribution in [2.45, 2.75) is 12.8 Å². The predicted molar refractivity (Wildman–Crippen MR) is 65.2 cm³/mol. The molecule has 0 aromatic heterocycles. The maximum Gasteiger partial charge on any atom is 0.150 e. The summed E-state index contributed by atoms with van der Waals surface area (Å²) in [7, 11) is 0. The molecule has 0 aliphatic carbocycles. The van der Waals surface area contributed by atoms with Gasteiger partial charge in [-0.1, -0.05) is 21.1 Å². The summed E-state index contributed by atoms with van der Waals surface area (Å²) in [5.41, 5.74) is 5.08. The molecule has 0 radical (unpaired) electrons. The maximum atomic E-state index is 13.3. The number of nitrogens with two attached hydrogens (primary N) is 1. The van der Waals surface area contributed by atoms with Gasteiger partial charge in [-0.3, -0.25) is 0 Å². The van der Waals surface area contributed by atoms with Gasteiger partial charge in [-0.25, -0.2) is 8.78 Å². The van der Waals surface area contributed by atoms with E-state index < -0.39 is 11.6 Å². The highest BCUT2D eigenvalue weighted by atomic mass is 79.9. The molecular weight excluding hydrogens is 296 g/mol. The smallest absolute Gasteiger partial charge is 0.150 e. The van der Waals surface area contributed by atoms with Crippen molar-refractivity contribution >= 4 is 27.5 Å². The average Bonchev–Trinajstić information content (AvgIpc) is 2.26. The zero-order valence-corrected chi connectivity index (χ0v) is 10.5. The van der Waals surface area contributed by atoms with Crippen LogP contribution in [0.2, 0.25) is 0 Å². The number of hydrogen-bond acceptors (Lipinski definition) is 3. The number of halogens is 3. The van der Waals surface area contributed by atoms with Crippen LogP contribution in [0.5, 0.6) is 0 Å². The van der Waals surface area contributed by atoms with E-state index in [0.717, 1.165) is 0 Å². The summed E-state index contributed by atoms with van der Waals surface area (Å²) in [5, 5.41) is 13.7. The predicted octanol–water partition coefficient (Wildman–Crippen LogP) is 2.67. The molecule has 1 rings (SSSR count). The van der Waals surface area contributed by atoms with Crippen LogP contribution in [0.25, 0.3) is 0 Å². The molecule has 4 N–H and O–H groups in total. The first-order chi connectivity index (χ1) is 8.04. The zero-order valence-electron chi connectivity index (χ0n) is 8.88. The molecule has 0 heterocycles. The monoisotopic (exact) mass is 307 g/mol. The van der Waals surface area contributed by atoms with Gasteiger partial charge in [-0.2, -0.15) is 0 Å². The second-order valence-electron chi connectivity index (χ2n) is 3.37. The third-order valence-electron chi connectivity index (χ3n) is 2.05. The van der Waals surface area contributed by atoms with Crippen LogP contribution >= 0.6 is 15.9 Å². The molecule has 0 saturated heterocycles. The number of anilines is 1. The number of rotatable bonds is 5. The van der Waals surface area contributed by atoms with Gasteiger partial charge < -0.3 is 16.3 Å². The molecule has 7 heteroatoms.